The second-order valence-electron chi connectivity index (χ2n) is 5.53. The monoisotopic (exact) mass is 406 g/mol. The second kappa shape index (κ2) is 7.33. The van der Waals surface area contributed by atoms with Gasteiger partial charge in [-0.25, -0.2) is 23.1 Å². The van der Waals surface area contributed by atoms with Crippen molar-refractivity contribution in [3.63, 3.8) is 0 Å². The molecule has 0 aliphatic heterocycles. The van der Waals surface area contributed by atoms with Crippen molar-refractivity contribution in [2.24, 2.45) is 7.05 Å². The average molecular weight is 407 g/mol. The van der Waals surface area contributed by atoms with E-state index < -0.39 is 15.9 Å². The third-order valence-electron chi connectivity index (χ3n) is 3.58. The van der Waals surface area contributed by atoms with E-state index in [2.05, 4.69) is 25.1 Å². The van der Waals surface area contributed by atoms with Gasteiger partial charge in [0.2, 0.25) is 5.95 Å². The van der Waals surface area contributed by atoms with Crippen LogP contribution in [0, 0.1) is 6.92 Å². The lowest BCUT2D eigenvalue weighted by Crippen LogP contribution is -2.17. The molecule has 0 saturated carbocycles. The Bertz CT molecular complexity index is 1080. The predicted molar refractivity (Wildman–Crippen MR) is 100 cm³/mol. The summed E-state index contributed by atoms with van der Waals surface area (Å²) in [7, 11) is -2.23. The molecule has 27 heavy (non-hydrogen) atoms. The minimum Gasteiger partial charge on any atom is -0.321 e. The quantitative estimate of drug-likeness (QED) is 0.670. The van der Waals surface area contributed by atoms with Gasteiger partial charge in [-0.3, -0.25) is 9.48 Å². The molecule has 0 fully saturated rings. The van der Waals surface area contributed by atoms with E-state index in [9.17, 15) is 13.2 Å². The number of rotatable bonds is 5. The third-order valence-corrected chi connectivity index (χ3v) is 5.37. The molecule has 1 amide bonds. The molecule has 9 nitrogen and oxygen atoms in total. The zero-order chi connectivity index (χ0) is 19.6. The zero-order valence-electron chi connectivity index (χ0n) is 14.3. The summed E-state index contributed by atoms with van der Waals surface area (Å²) in [6.45, 7) is 1.70. The number of halogens is 1. The zero-order valence-corrected chi connectivity index (χ0v) is 15.9. The lowest BCUT2D eigenvalue weighted by molar-refractivity contribution is 0.101. The molecule has 0 spiro atoms. The molecular weight excluding hydrogens is 392 g/mol. The SMILES string of the molecule is Cc1nn(C)c(C(=O)Nc2ccc(S(=O)(=O)Nc3ncccn3)cc2)c1Cl. The lowest BCUT2D eigenvalue weighted by Gasteiger charge is -2.09. The number of aromatic nitrogens is 4. The minimum absolute atomic E-state index is 0.00219. The van der Waals surface area contributed by atoms with Gasteiger partial charge in [-0.1, -0.05) is 11.6 Å². The summed E-state index contributed by atoms with van der Waals surface area (Å²) in [6.07, 6.45) is 2.85. The lowest BCUT2D eigenvalue weighted by atomic mass is 10.3. The van der Waals surface area contributed by atoms with Crippen molar-refractivity contribution < 1.29 is 13.2 Å². The molecule has 3 aromatic rings. The Labute approximate surface area is 160 Å². The van der Waals surface area contributed by atoms with Crippen molar-refractivity contribution in [3.05, 3.63) is 59.1 Å². The van der Waals surface area contributed by atoms with E-state index in [4.69, 9.17) is 11.6 Å². The van der Waals surface area contributed by atoms with Crippen molar-refractivity contribution >= 4 is 39.2 Å². The molecule has 2 heterocycles. The van der Waals surface area contributed by atoms with Gasteiger partial charge in [0.15, 0.2) is 0 Å². The molecule has 0 aliphatic rings. The van der Waals surface area contributed by atoms with E-state index in [1.54, 1.807) is 20.0 Å². The third kappa shape index (κ3) is 4.07. The van der Waals surface area contributed by atoms with Crippen LogP contribution in [0.15, 0.2) is 47.6 Å². The summed E-state index contributed by atoms with van der Waals surface area (Å²) in [4.78, 5) is 20.0. The molecule has 0 saturated heterocycles. The highest BCUT2D eigenvalue weighted by Gasteiger charge is 2.19. The van der Waals surface area contributed by atoms with Gasteiger partial charge in [0.25, 0.3) is 15.9 Å². The largest absolute Gasteiger partial charge is 0.321 e. The van der Waals surface area contributed by atoms with Crippen LogP contribution in [0.25, 0.3) is 0 Å². The van der Waals surface area contributed by atoms with Crippen LogP contribution in [0.3, 0.4) is 0 Å². The molecule has 0 atom stereocenters. The summed E-state index contributed by atoms with van der Waals surface area (Å²) < 4.78 is 28.3. The first-order valence-corrected chi connectivity index (χ1v) is 9.54. The number of hydrogen-bond acceptors (Lipinski definition) is 6. The highest BCUT2D eigenvalue weighted by Crippen LogP contribution is 2.21. The van der Waals surface area contributed by atoms with E-state index in [1.807, 2.05) is 0 Å². The molecule has 1 aromatic carbocycles. The molecule has 0 unspecified atom stereocenters. The van der Waals surface area contributed by atoms with Gasteiger partial charge in [0, 0.05) is 25.1 Å². The van der Waals surface area contributed by atoms with Crippen molar-refractivity contribution in [1.82, 2.24) is 19.7 Å². The van der Waals surface area contributed by atoms with Crippen LogP contribution < -0.4 is 10.0 Å². The molecular formula is C16H15ClN6O3S. The smallest absolute Gasteiger partial charge is 0.275 e. The summed E-state index contributed by atoms with van der Waals surface area (Å²) in [5, 5.41) is 7.01. The van der Waals surface area contributed by atoms with Crippen molar-refractivity contribution in [3.8, 4) is 0 Å². The second-order valence-corrected chi connectivity index (χ2v) is 7.59. The molecule has 11 heteroatoms. The summed E-state index contributed by atoms with van der Waals surface area (Å²) >= 11 is 6.09. The molecule has 2 N–H and O–H groups in total. The van der Waals surface area contributed by atoms with Gasteiger partial charge in [0.1, 0.15) is 5.69 Å². The first-order valence-electron chi connectivity index (χ1n) is 7.68. The van der Waals surface area contributed by atoms with Gasteiger partial charge in [0.05, 0.1) is 15.6 Å². The van der Waals surface area contributed by atoms with Crippen LogP contribution >= 0.6 is 11.6 Å². The fourth-order valence-electron chi connectivity index (χ4n) is 2.32. The Balaban J connectivity index is 1.76. The number of sulfonamides is 1. The molecule has 0 aliphatic carbocycles. The first kappa shape index (κ1) is 18.8. The van der Waals surface area contributed by atoms with Crippen molar-refractivity contribution in [2.45, 2.75) is 11.8 Å². The Morgan fingerprint density at radius 3 is 2.33 bits per heavy atom. The Kier molecular flexibility index (Phi) is 5.10. The van der Waals surface area contributed by atoms with Crippen LogP contribution in [0.5, 0.6) is 0 Å². The number of amides is 1. The van der Waals surface area contributed by atoms with Crippen LogP contribution in [0.4, 0.5) is 11.6 Å². The normalized spacial score (nSPS) is 11.2. The van der Waals surface area contributed by atoms with E-state index in [1.165, 1.54) is 41.3 Å². The number of carbonyl (C=O) groups excluding carboxylic acids is 1. The fraction of sp³-hybridized carbons (Fsp3) is 0.125. The number of anilines is 2. The van der Waals surface area contributed by atoms with Crippen LogP contribution in [-0.4, -0.2) is 34.1 Å². The Hall–Kier alpha value is -2.98. The Morgan fingerprint density at radius 2 is 1.78 bits per heavy atom. The topological polar surface area (TPSA) is 119 Å². The number of benzene rings is 1. The summed E-state index contributed by atoms with van der Waals surface area (Å²) in [5.74, 6) is -0.481. The highest BCUT2D eigenvalue weighted by atomic mass is 35.5. The number of hydrogen-bond donors (Lipinski definition) is 2. The molecule has 2 aromatic heterocycles. The van der Waals surface area contributed by atoms with E-state index >= 15 is 0 Å². The van der Waals surface area contributed by atoms with Gasteiger partial charge >= 0.3 is 0 Å². The van der Waals surface area contributed by atoms with E-state index in [0.717, 1.165) is 0 Å². The number of nitrogens with zero attached hydrogens (tertiary/aromatic N) is 4. The fourth-order valence-corrected chi connectivity index (χ4v) is 3.52. The van der Waals surface area contributed by atoms with Crippen LogP contribution in [0.2, 0.25) is 5.02 Å². The van der Waals surface area contributed by atoms with Gasteiger partial charge in [-0.15, -0.1) is 0 Å². The number of nitrogens with one attached hydrogen (secondary N) is 2. The van der Waals surface area contributed by atoms with Gasteiger partial charge in [-0.2, -0.15) is 5.10 Å². The summed E-state index contributed by atoms with van der Waals surface area (Å²) in [6, 6.07) is 7.23. The van der Waals surface area contributed by atoms with E-state index in [-0.39, 0.29) is 21.6 Å². The highest BCUT2D eigenvalue weighted by molar-refractivity contribution is 7.92. The van der Waals surface area contributed by atoms with Crippen molar-refractivity contribution in [2.75, 3.05) is 10.0 Å². The maximum atomic E-state index is 12.4. The molecule has 140 valence electrons. The predicted octanol–water partition coefficient (Wildman–Crippen LogP) is 2.23. The van der Waals surface area contributed by atoms with Crippen molar-refractivity contribution in [1.29, 1.82) is 0 Å². The minimum atomic E-state index is -3.84. The van der Waals surface area contributed by atoms with Crippen LogP contribution in [-0.2, 0) is 17.1 Å². The van der Waals surface area contributed by atoms with Gasteiger partial charge < -0.3 is 5.32 Å². The van der Waals surface area contributed by atoms with Crippen LogP contribution in [0.1, 0.15) is 16.2 Å². The summed E-state index contributed by atoms with van der Waals surface area (Å²) in [5.41, 5.74) is 1.17. The maximum Gasteiger partial charge on any atom is 0.275 e. The molecule has 0 radical (unpaired) electrons. The number of aryl methyl sites for hydroxylation is 2. The Morgan fingerprint density at radius 1 is 1.15 bits per heavy atom. The standard InChI is InChI=1S/C16H15ClN6O3S/c1-10-13(17)14(23(2)21-10)15(24)20-11-4-6-12(7-5-11)27(25,26)22-16-18-8-3-9-19-16/h3-9H,1-2H3,(H,20,24)(H,18,19,22). The molecule has 3 rings (SSSR count). The average Bonchev–Trinajstić information content (AvgIpc) is 2.88. The van der Waals surface area contributed by atoms with E-state index in [0.29, 0.717) is 11.4 Å². The van der Waals surface area contributed by atoms with Gasteiger partial charge in [-0.05, 0) is 37.3 Å². The first-order chi connectivity index (χ1) is 12.8. The maximum absolute atomic E-state index is 12.4. The molecule has 0 bridgehead atoms. The number of carbonyl (C=O) groups is 1.